The van der Waals surface area contributed by atoms with Gasteiger partial charge in [0.15, 0.2) is 0 Å². The Morgan fingerprint density at radius 1 is 1.42 bits per heavy atom. The van der Waals surface area contributed by atoms with Gasteiger partial charge in [-0.3, -0.25) is 9.59 Å². The summed E-state index contributed by atoms with van der Waals surface area (Å²) in [4.78, 5) is 26.1. The highest BCUT2D eigenvalue weighted by molar-refractivity contribution is 8.00. The van der Waals surface area contributed by atoms with E-state index in [1.54, 1.807) is 4.90 Å². The fourth-order valence-electron chi connectivity index (χ4n) is 2.30. The molecule has 2 N–H and O–H groups in total. The SMILES string of the molecule is Cc1ccccc1SCC(=O)N1CCC[C@H]1C(N)=O. The molecule has 102 valence electrons. The van der Waals surface area contributed by atoms with Gasteiger partial charge < -0.3 is 10.6 Å². The molecule has 0 bridgehead atoms. The van der Waals surface area contributed by atoms with Crippen LogP contribution in [0.15, 0.2) is 29.2 Å². The van der Waals surface area contributed by atoms with E-state index in [4.69, 9.17) is 5.73 Å². The van der Waals surface area contributed by atoms with E-state index < -0.39 is 11.9 Å². The summed E-state index contributed by atoms with van der Waals surface area (Å²) in [5, 5.41) is 0. The molecule has 0 radical (unpaired) electrons. The summed E-state index contributed by atoms with van der Waals surface area (Å²) >= 11 is 1.51. The van der Waals surface area contributed by atoms with Crippen LogP contribution in [-0.2, 0) is 9.59 Å². The van der Waals surface area contributed by atoms with E-state index in [1.807, 2.05) is 31.2 Å². The van der Waals surface area contributed by atoms with Crippen molar-refractivity contribution in [3.63, 3.8) is 0 Å². The van der Waals surface area contributed by atoms with Crippen molar-refractivity contribution in [2.75, 3.05) is 12.3 Å². The summed E-state index contributed by atoms with van der Waals surface area (Å²) in [7, 11) is 0. The average Bonchev–Trinajstić information content (AvgIpc) is 2.87. The predicted molar refractivity (Wildman–Crippen MR) is 75.8 cm³/mol. The van der Waals surface area contributed by atoms with Crippen molar-refractivity contribution in [1.29, 1.82) is 0 Å². The molecule has 2 amide bonds. The molecule has 5 heteroatoms. The number of primary amides is 1. The van der Waals surface area contributed by atoms with Crippen LogP contribution in [-0.4, -0.2) is 35.1 Å². The number of carbonyl (C=O) groups is 2. The number of nitrogens with two attached hydrogens (primary N) is 1. The van der Waals surface area contributed by atoms with Crippen LogP contribution in [0.25, 0.3) is 0 Å². The van der Waals surface area contributed by atoms with Crippen molar-refractivity contribution in [2.45, 2.75) is 30.7 Å². The lowest BCUT2D eigenvalue weighted by atomic mass is 10.2. The molecule has 1 heterocycles. The molecule has 1 fully saturated rings. The zero-order valence-electron chi connectivity index (χ0n) is 11.0. The quantitative estimate of drug-likeness (QED) is 0.850. The van der Waals surface area contributed by atoms with Gasteiger partial charge in [-0.15, -0.1) is 11.8 Å². The van der Waals surface area contributed by atoms with Crippen LogP contribution < -0.4 is 5.73 Å². The summed E-state index contributed by atoms with van der Waals surface area (Å²) in [5.74, 6) is -0.0458. The standard InChI is InChI=1S/C14H18N2O2S/c1-10-5-2-3-7-12(10)19-9-13(17)16-8-4-6-11(16)14(15)18/h2-3,5,7,11H,4,6,8-9H2,1H3,(H2,15,18)/t11-/m0/s1. The van der Waals surface area contributed by atoms with Crippen LogP contribution >= 0.6 is 11.8 Å². The van der Waals surface area contributed by atoms with E-state index in [-0.39, 0.29) is 5.91 Å². The number of aryl methyl sites for hydroxylation is 1. The van der Waals surface area contributed by atoms with E-state index in [2.05, 4.69) is 0 Å². The molecule has 0 aromatic heterocycles. The number of benzene rings is 1. The molecule has 1 aromatic rings. The summed E-state index contributed by atoms with van der Waals surface area (Å²) in [6.45, 7) is 2.66. The molecule has 1 saturated heterocycles. The minimum Gasteiger partial charge on any atom is -0.368 e. The Labute approximate surface area is 117 Å². The number of amides is 2. The Balaban J connectivity index is 1.95. The minimum absolute atomic E-state index is 0.00504. The maximum Gasteiger partial charge on any atom is 0.240 e. The summed E-state index contributed by atoms with van der Waals surface area (Å²) in [6, 6.07) is 7.55. The molecular weight excluding hydrogens is 260 g/mol. The summed E-state index contributed by atoms with van der Waals surface area (Å²) < 4.78 is 0. The first-order valence-corrected chi connectivity index (χ1v) is 7.35. The van der Waals surface area contributed by atoms with Gasteiger partial charge >= 0.3 is 0 Å². The van der Waals surface area contributed by atoms with Crippen LogP contribution in [0, 0.1) is 6.92 Å². The largest absolute Gasteiger partial charge is 0.368 e. The Morgan fingerprint density at radius 3 is 2.84 bits per heavy atom. The first-order valence-electron chi connectivity index (χ1n) is 6.37. The van der Waals surface area contributed by atoms with Crippen molar-refractivity contribution < 1.29 is 9.59 Å². The highest BCUT2D eigenvalue weighted by Crippen LogP contribution is 2.24. The molecule has 4 nitrogen and oxygen atoms in total. The summed E-state index contributed by atoms with van der Waals surface area (Å²) in [5.41, 5.74) is 6.48. The van der Waals surface area contributed by atoms with Gasteiger partial charge in [-0.1, -0.05) is 18.2 Å². The van der Waals surface area contributed by atoms with Gasteiger partial charge in [-0.25, -0.2) is 0 Å². The molecule has 0 unspecified atom stereocenters. The smallest absolute Gasteiger partial charge is 0.240 e. The number of carbonyl (C=O) groups excluding carboxylic acids is 2. The maximum absolute atomic E-state index is 12.1. The predicted octanol–water partition coefficient (Wildman–Crippen LogP) is 1.56. The first-order chi connectivity index (χ1) is 9.09. The van der Waals surface area contributed by atoms with E-state index in [9.17, 15) is 9.59 Å². The Bertz CT molecular complexity index is 490. The number of hydrogen-bond donors (Lipinski definition) is 1. The fourth-order valence-corrected chi connectivity index (χ4v) is 3.22. The maximum atomic E-state index is 12.1. The van der Waals surface area contributed by atoms with Crippen molar-refractivity contribution in [2.24, 2.45) is 5.73 Å². The lowest BCUT2D eigenvalue weighted by Crippen LogP contribution is -2.44. The first kappa shape index (κ1) is 13.9. The topological polar surface area (TPSA) is 63.4 Å². The molecule has 2 rings (SSSR count). The van der Waals surface area contributed by atoms with Gasteiger partial charge in [-0.05, 0) is 31.4 Å². The van der Waals surface area contributed by atoms with Gasteiger partial charge in [0.1, 0.15) is 6.04 Å². The van der Waals surface area contributed by atoms with Gasteiger partial charge in [0.2, 0.25) is 11.8 Å². The fraction of sp³-hybridized carbons (Fsp3) is 0.429. The van der Waals surface area contributed by atoms with E-state index in [0.717, 1.165) is 16.9 Å². The van der Waals surface area contributed by atoms with Gasteiger partial charge in [0.25, 0.3) is 0 Å². The molecule has 19 heavy (non-hydrogen) atoms. The summed E-state index contributed by atoms with van der Waals surface area (Å²) in [6.07, 6.45) is 1.55. The molecular formula is C14H18N2O2S. The van der Waals surface area contributed by atoms with Crippen molar-refractivity contribution >= 4 is 23.6 Å². The van der Waals surface area contributed by atoms with Gasteiger partial charge in [0.05, 0.1) is 5.75 Å². The second-order valence-electron chi connectivity index (χ2n) is 4.70. The Kier molecular flexibility index (Phi) is 4.47. The van der Waals surface area contributed by atoms with Crippen LogP contribution in [0.2, 0.25) is 0 Å². The number of rotatable bonds is 4. The van der Waals surface area contributed by atoms with E-state index in [0.29, 0.717) is 18.7 Å². The Morgan fingerprint density at radius 2 is 2.16 bits per heavy atom. The minimum atomic E-state index is -0.412. The molecule has 1 atom stereocenters. The van der Waals surface area contributed by atoms with Crippen LogP contribution in [0.4, 0.5) is 0 Å². The van der Waals surface area contributed by atoms with E-state index >= 15 is 0 Å². The number of hydrogen-bond acceptors (Lipinski definition) is 3. The average molecular weight is 278 g/mol. The van der Waals surface area contributed by atoms with Crippen molar-refractivity contribution in [3.8, 4) is 0 Å². The van der Waals surface area contributed by atoms with E-state index in [1.165, 1.54) is 11.8 Å². The monoisotopic (exact) mass is 278 g/mol. The molecule has 1 aliphatic rings. The highest BCUT2D eigenvalue weighted by Gasteiger charge is 2.32. The lowest BCUT2D eigenvalue weighted by Gasteiger charge is -2.22. The normalized spacial score (nSPS) is 18.6. The van der Waals surface area contributed by atoms with Crippen LogP contribution in [0.5, 0.6) is 0 Å². The second-order valence-corrected chi connectivity index (χ2v) is 5.72. The third kappa shape index (κ3) is 3.29. The zero-order chi connectivity index (χ0) is 13.8. The second kappa shape index (κ2) is 6.10. The molecule has 1 aromatic carbocycles. The van der Waals surface area contributed by atoms with Crippen molar-refractivity contribution in [1.82, 2.24) is 4.90 Å². The number of likely N-dealkylation sites (tertiary alicyclic amines) is 1. The highest BCUT2D eigenvalue weighted by atomic mass is 32.2. The third-order valence-electron chi connectivity index (χ3n) is 3.35. The lowest BCUT2D eigenvalue weighted by molar-refractivity contribution is -0.135. The number of thioether (sulfide) groups is 1. The number of nitrogens with zero attached hydrogens (tertiary/aromatic N) is 1. The van der Waals surface area contributed by atoms with Crippen LogP contribution in [0.3, 0.4) is 0 Å². The van der Waals surface area contributed by atoms with Crippen molar-refractivity contribution in [3.05, 3.63) is 29.8 Å². The van der Waals surface area contributed by atoms with Crippen LogP contribution in [0.1, 0.15) is 18.4 Å². The van der Waals surface area contributed by atoms with Gasteiger partial charge in [-0.2, -0.15) is 0 Å². The molecule has 0 saturated carbocycles. The third-order valence-corrected chi connectivity index (χ3v) is 4.51. The molecule has 0 spiro atoms. The zero-order valence-corrected chi connectivity index (χ0v) is 11.8. The van der Waals surface area contributed by atoms with Gasteiger partial charge in [0, 0.05) is 11.4 Å². The molecule has 0 aliphatic carbocycles. The Hall–Kier alpha value is -1.49. The molecule has 1 aliphatic heterocycles.